The van der Waals surface area contributed by atoms with Crippen molar-refractivity contribution < 1.29 is 9.59 Å². The molecule has 0 bridgehead atoms. The number of anilines is 1. The molecular formula is C17H22BrN3O2. The molecule has 1 atom stereocenters. The van der Waals surface area contributed by atoms with Gasteiger partial charge in [-0.2, -0.15) is 0 Å². The molecule has 1 aromatic rings. The number of amides is 2. The molecule has 124 valence electrons. The van der Waals surface area contributed by atoms with Crippen LogP contribution in [-0.2, 0) is 9.59 Å². The summed E-state index contributed by atoms with van der Waals surface area (Å²) in [5, 5.41) is 0. The second kappa shape index (κ2) is 7.01. The Balaban J connectivity index is 1.63. The molecule has 0 radical (unpaired) electrons. The van der Waals surface area contributed by atoms with E-state index in [1.165, 1.54) is 0 Å². The lowest BCUT2D eigenvalue weighted by Gasteiger charge is -2.35. The van der Waals surface area contributed by atoms with E-state index in [4.69, 9.17) is 0 Å². The predicted molar refractivity (Wildman–Crippen MR) is 93.3 cm³/mol. The number of hydrogen-bond acceptors (Lipinski definition) is 3. The maximum Gasteiger partial charge on any atom is 0.228 e. The van der Waals surface area contributed by atoms with Crippen molar-refractivity contribution in [2.45, 2.75) is 13.3 Å². The standard InChI is InChI=1S/C17H22BrN3O2/c1-2-19-7-9-20(10-8-19)17(23)13-11-16(22)21(12-13)15-5-3-14(18)4-6-15/h3-6,13H,2,7-12H2,1H3. The van der Waals surface area contributed by atoms with Gasteiger partial charge in [-0.25, -0.2) is 0 Å². The lowest BCUT2D eigenvalue weighted by molar-refractivity contribution is -0.137. The van der Waals surface area contributed by atoms with Crippen molar-refractivity contribution in [1.82, 2.24) is 9.80 Å². The molecule has 3 rings (SSSR count). The molecule has 2 heterocycles. The van der Waals surface area contributed by atoms with Gasteiger partial charge < -0.3 is 14.7 Å². The SMILES string of the molecule is CCN1CCN(C(=O)C2CC(=O)N(c3ccc(Br)cc3)C2)CC1. The maximum absolute atomic E-state index is 12.7. The molecule has 0 spiro atoms. The molecule has 0 aliphatic carbocycles. The first-order valence-corrected chi connectivity index (χ1v) is 8.95. The summed E-state index contributed by atoms with van der Waals surface area (Å²) in [7, 11) is 0. The molecule has 1 unspecified atom stereocenters. The highest BCUT2D eigenvalue weighted by Crippen LogP contribution is 2.27. The van der Waals surface area contributed by atoms with Gasteiger partial charge in [0.05, 0.1) is 5.92 Å². The zero-order valence-electron chi connectivity index (χ0n) is 13.4. The summed E-state index contributed by atoms with van der Waals surface area (Å²) >= 11 is 3.40. The number of benzene rings is 1. The first-order valence-electron chi connectivity index (χ1n) is 8.15. The number of piperazine rings is 1. The van der Waals surface area contributed by atoms with Gasteiger partial charge in [0, 0.05) is 49.3 Å². The maximum atomic E-state index is 12.7. The third-order valence-corrected chi connectivity index (χ3v) is 5.27. The second-order valence-corrected chi connectivity index (χ2v) is 7.06. The van der Waals surface area contributed by atoms with E-state index in [0.29, 0.717) is 13.0 Å². The Hall–Kier alpha value is -1.40. The summed E-state index contributed by atoms with van der Waals surface area (Å²) in [5.41, 5.74) is 0.865. The van der Waals surface area contributed by atoms with Gasteiger partial charge >= 0.3 is 0 Å². The third kappa shape index (κ3) is 3.58. The van der Waals surface area contributed by atoms with Gasteiger partial charge in [-0.15, -0.1) is 0 Å². The average Bonchev–Trinajstić information content (AvgIpc) is 2.97. The normalized spacial score (nSPS) is 22.7. The highest BCUT2D eigenvalue weighted by molar-refractivity contribution is 9.10. The molecule has 6 heteroatoms. The van der Waals surface area contributed by atoms with Crippen molar-refractivity contribution >= 4 is 33.4 Å². The van der Waals surface area contributed by atoms with Crippen LogP contribution in [0.5, 0.6) is 0 Å². The summed E-state index contributed by atoms with van der Waals surface area (Å²) in [4.78, 5) is 31.0. The Kier molecular flexibility index (Phi) is 5.02. The van der Waals surface area contributed by atoms with Gasteiger partial charge in [0.15, 0.2) is 0 Å². The molecule has 0 saturated carbocycles. The number of likely N-dealkylation sites (N-methyl/N-ethyl adjacent to an activating group) is 1. The van der Waals surface area contributed by atoms with Crippen LogP contribution in [0.2, 0.25) is 0 Å². The predicted octanol–water partition coefficient (Wildman–Crippen LogP) is 1.97. The Labute approximate surface area is 145 Å². The molecule has 1 aromatic carbocycles. The van der Waals surface area contributed by atoms with Crippen LogP contribution in [-0.4, -0.2) is 60.9 Å². The highest BCUT2D eigenvalue weighted by Gasteiger charge is 2.37. The second-order valence-electron chi connectivity index (χ2n) is 6.14. The Morgan fingerprint density at radius 3 is 2.43 bits per heavy atom. The number of carbonyl (C=O) groups is 2. The average molecular weight is 380 g/mol. The van der Waals surface area contributed by atoms with Gasteiger partial charge in [0.2, 0.25) is 11.8 Å². The largest absolute Gasteiger partial charge is 0.340 e. The molecule has 0 aromatic heterocycles. The van der Waals surface area contributed by atoms with Gasteiger partial charge in [0.1, 0.15) is 0 Å². The number of halogens is 1. The molecular weight excluding hydrogens is 358 g/mol. The number of hydrogen-bond donors (Lipinski definition) is 0. The molecule has 5 nitrogen and oxygen atoms in total. The molecule has 23 heavy (non-hydrogen) atoms. The van der Waals surface area contributed by atoms with Crippen LogP contribution in [0.15, 0.2) is 28.7 Å². The van der Waals surface area contributed by atoms with E-state index in [1.54, 1.807) is 4.90 Å². The van der Waals surface area contributed by atoms with Crippen LogP contribution >= 0.6 is 15.9 Å². The molecule has 2 amide bonds. The number of carbonyl (C=O) groups excluding carboxylic acids is 2. The summed E-state index contributed by atoms with van der Waals surface area (Å²) < 4.78 is 0.981. The van der Waals surface area contributed by atoms with Crippen LogP contribution in [0, 0.1) is 5.92 Å². The van der Waals surface area contributed by atoms with Crippen LogP contribution in [0.3, 0.4) is 0 Å². The molecule has 0 N–H and O–H groups in total. The first-order chi connectivity index (χ1) is 11.1. The summed E-state index contributed by atoms with van der Waals surface area (Å²) in [5.74, 6) is -0.0362. The molecule has 2 saturated heterocycles. The summed E-state index contributed by atoms with van der Waals surface area (Å²) in [6, 6.07) is 7.66. The Morgan fingerprint density at radius 2 is 1.83 bits per heavy atom. The Bertz CT molecular complexity index is 582. The van der Waals surface area contributed by atoms with E-state index in [1.807, 2.05) is 29.2 Å². The quantitative estimate of drug-likeness (QED) is 0.806. The molecule has 2 aliphatic rings. The highest BCUT2D eigenvalue weighted by atomic mass is 79.9. The van der Waals surface area contributed by atoms with Gasteiger partial charge in [-0.05, 0) is 30.8 Å². The minimum atomic E-state index is -0.209. The van der Waals surface area contributed by atoms with E-state index in [-0.39, 0.29) is 17.7 Å². The fourth-order valence-electron chi connectivity index (χ4n) is 3.29. The van der Waals surface area contributed by atoms with Crippen molar-refractivity contribution in [3.05, 3.63) is 28.7 Å². The van der Waals surface area contributed by atoms with Crippen LogP contribution in [0.25, 0.3) is 0 Å². The topological polar surface area (TPSA) is 43.9 Å². The first kappa shape index (κ1) is 16.5. The fraction of sp³-hybridized carbons (Fsp3) is 0.529. The summed E-state index contributed by atoms with van der Waals surface area (Å²) in [6.07, 6.45) is 0.322. The zero-order valence-corrected chi connectivity index (χ0v) is 15.0. The monoisotopic (exact) mass is 379 g/mol. The van der Waals surface area contributed by atoms with Gasteiger partial charge in [-0.1, -0.05) is 22.9 Å². The third-order valence-electron chi connectivity index (χ3n) is 4.74. The molecule has 2 fully saturated rings. The Morgan fingerprint density at radius 1 is 1.17 bits per heavy atom. The lowest BCUT2D eigenvalue weighted by Crippen LogP contribution is -2.50. The minimum Gasteiger partial charge on any atom is -0.340 e. The van der Waals surface area contributed by atoms with Crippen molar-refractivity contribution in [1.29, 1.82) is 0 Å². The van der Waals surface area contributed by atoms with Gasteiger partial charge in [-0.3, -0.25) is 9.59 Å². The molecule has 2 aliphatic heterocycles. The van der Waals surface area contributed by atoms with Gasteiger partial charge in [0.25, 0.3) is 0 Å². The number of rotatable bonds is 3. The zero-order chi connectivity index (χ0) is 16.4. The minimum absolute atomic E-state index is 0.0397. The van der Waals surface area contributed by atoms with Crippen LogP contribution in [0.4, 0.5) is 5.69 Å². The van der Waals surface area contributed by atoms with Crippen molar-refractivity contribution in [3.63, 3.8) is 0 Å². The summed E-state index contributed by atoms with van der Waals surface area (Å²) in [6.45, 7) is 7.07. The van der Waals surface area contributed by atoms with E-state index in [0.717, 1.165) is 42.9 Å². The van der Waals surface area contributed by atoms with E-state index in [2.05, 4.69) is 27.8 Å². The number of nitrogens with zero attached hydrogens (tertiary/aromatic N) is 3. The lowest BCUT2D eigenvalue weighted by atomic mass is 10.1. The van der Waals surface area contributed by atoms with Crippen LogP contribution < -0.4 is 4.90 Å². The van der Waals surface area contributed by atoms with E-state index in [9.17, 15) is 9.59 Å². The smallest absolute Gasteiger partial charge is 0.228 e. The van der Waals surface area contributed by atoms with Crippen molar-refractivity contribution in [2.75, 3.05) is 44.2 Å². The van der Waals surface area contributed by atoms with Crippen molar-refractivity contribution in [2.24, 2.45) is 5.92 Å². The van der Waals surface area contributed by atoms with Crippen molar-refractivity contribution in [3.8, 4) is 0 Å². The van der Waals surface area contributed by atoms with E-state index < -0.39 is 0 Å². The van der Waals surface area contributed by atoms with E-state index >= 15 is 0 Å². The fourth-order valence-corrected chi connectivity index (χ4v) is 3.55. The van der Waals surface area contributed by atoms with Crippen LogP contribution in [0.1, 0.15) is 13.3 Å².